The van der Waals surface area contributed by atoms with Gasteiger partial charge in [-0.2, -0.15) is 5.10 Å². The van der Waals surface area contributed by atoms with Crippen LogP contribution in [0.5, 0.6) is 0 Å². The molecular formula is C31H32N6O. The van der Waals surface area contributed by atoms with Gasteiger partial charge in [-0.15, -0.1) is 0 Å². The van der Waals surface area contributed by atoms with Gasteiger partial charge in [-0.1, -0.05) is 42.8 Å². The molecule has 2 aliphatic heterocycles. The van der Waals surface area contributed by atoms with Crippen molar-refractivity contribution in [3.05, 3.63) is 83.3 Å². The Morgan fingerprint density at radius 1 is 1.08 bits per heavy atom. The van der Waals surface area contributed by atoms with Gasteiger partial charge in [0, 0.05) is 37.6 Å². The number of piperidine rings is 1. The summed E-state index contributed by atoms with van der Waals surface area (Å²) in [7, 11) is 0. The first-order chi connectivity index (χ1) is 18.7. The summed E-state index contributed by atoms with van der Waals surface area (Å²) in [6, 6.07) is 17.0. The number of hydrogen-bond donors (Lipinski definition) is 2. The van der Waals surface area contributed by atoms with E-state index in [1.807, 2.05) is 18.2 Å². The van der Waals surface area contributed by atoms with Crippen molar-refractivity contribution in [2.75, 3.05) is 31.5 Å². The molecule has 2 fully saturated rings. The largest absolute Gasteiger partial charge is 0.320 e. The summed E-state index contributed by atoms with van der Waals surface area (Å²) >= 11 is 0. The number of hydrogen-bond acceptors (Lipinski definition) is 5. The number of fused-ring (bicyclic) bond motifs is 3. The van der Waals surface area contributed by atoms with Crippen molar-refractivity contribution >= 4 is 28.6 Å². The Kier molecular flexibility index (Phi) is 6.02. The molecule has 7 rings (SSSR count). The second-order valence-corrected chi connectivity index (χ2v) is 10.7. The number of anilines is 1. The first kappa shape index (κ1) is 23.3. The standard InChI is InChI=1S/C31H32N6O/c38-31(28-12-5-8-23(33-28)19-36-14-15-37-13-2-1-9-24(37)20-36)34-29-16-22(17-30-27(29)18-32-35-30)26-11-4-7-21-6-3-10-25(21)26/h3-5,7-8,10-12,16-18,24H,1-2,6,9,13-15,19-20H2,(H,32,35)(H,34,38). The maximum absolute atomic E-state index is 13.4. The fourth-order valence-corrected chi connectivity index (χ4v) is 6.33. The van der Waals surface area contributed by atoms with E-state index < -0.39 is 0 Å². The Labute approximate surface area is 222 Å². The van der Waals surface area contributed by atoms with Crippen LogP contribution in [0.1, 0.15) is 46.6 Å². The molecule has 1 aliphatic carbocycles. The van der Waals surface area contributed by atoms with E-state index in [9.17, 15) is 4.79 Å². The summed E-state index contributed by atoms with van der Waals surface area (Å²) in [6.45, 7) is 5.28. The van der Waals surface area contributed by atoms with Gasteiger partial charge in [-0.3, -0.25) is 19.7 Å². The molecule has 0 radical (unpaired) electrons. The molecule has 7 nitrogen and oxygen atoms in total. The van der Waals surface area contributed by atoms with Gasteiger partial charge >= 0.3 is 0 Å². The number of carbonyl (C=O) groups is 1. The highest BCUT2D eigenvalue weighted by Gasteiger charge is 2.29. The molecule has 0 bridgehead atoms. The summed E-state index contributed by atoms with van der Waals surface area (Å²) in [4.78, 5) is 23.3. The number of aromatic amines is 1. The molecule has 2 aromatic heterocycles. The number of allylic oxidation sites excluding steroid dienone is 1. The van der Waals surface area contributed by atoms with Crippen molar-refractivity contribution in [3.63, 3.8) is 0 Å². The number of amides is 1. The van der Waals surface area contributed by atoms with E-state index in [-0.39, 0.29) is 5.91 Å². The lowest BCUT2D eigenvalue weighted by Crippen LogP contribution is -2.54. The van der Waals surface area contributed by atoms with E-state index in [1.54, 1.807) is 12.3 Å². The Morgan fingerprint density at radius 2 is 2.03 bits per heavy atom. The van der Waals surface area contributed by atoms with Gasteiger partial charge in [0.1, 0.15) is 5.69 Å². The van der Waals surface area contributed by atoms with Crippen LogP contribution in [0.15, 0.2) is 60.8 Å². The molecule has 4 heterocycles. The maximum atomic E-state index is 13.4. The first-order valence-corrected chi connectivity index (χ1v) is 13.7. The van der Waals surface area contributed by atoms with Crippen molar-refractivity contribution in [3.8, 4) is 11.1 Å². The minimum absolute atomic E-state index is 0.207. The summed E-state index contributed by atoms with van der Waals surface area (Å²) in [6.07, 6.45) is 11.0. The number of H-pyrrole nitrogens is 1. The van der Waals surface area contributed by atoms with Gasteiger partial charge in [0.15, 0.2) is 0 Å². The molecule has 1 unspecified atom stereocenters. The summed E-state index contributed by atoms with van der Waals surface area (Å²) in [5, 5.41) is 11.3. The van der Waals surface area contributed by atoms with Crippen LogP contribution in [0.2, 0.25) is 0 Å². The number of benzene rings is 2. The molecule has 2 saturated heterocycles. The average Bonchev–Trinajstić information content (AvgIpc) is 3.63. The lowest BCUT2D eigenvalue weighted by Gasteiger charge is -2.44. The summed E-state index contributed by atoms with van der Waals surface area (Å²) in [5.74, 6) is -0.207. The zero-order valence-electron chi connectivity index (χ0n) is 21.5. The fraction of sp³-hybridized carbons (Fsp3) is 0.323. The molecule has 4 aromatic rings. The van der Waals surface area contributed by atoms with E-state index in [1.165, 1.54) is 36.9 Å². The van der Waals surface area contributed by atoms with Crippen molar-refractivity contribution in [1.29, 1.82) is 0 Å². The van der Waals surface area contributed by atoms with E-state index >= 15 is 0 Å². The Bertz CT molecular complexity index is 1540. The van der Waals surface area contributed by atoms with E-state index in [0.29, 0.717) is 11.7 Å². The van der Waals surface area contributed by atoms with Crippen LogP contribution < -0.4 is 5.32 Å². The topological polar surface area (TPSA) is 77.2 Å². The van der Waals surface area contributed by atoms with Gasteiger partial charge in [0.2, 0.25) is 0 Å². The summed E-state index contributed by atoms with van der Waals surface area (Å²) < 4.78 is 0. The Hall–Kier alpha value is -3.81. The molecule has 2 N–H and O–H groups in total. The van der Waals surface area contributed by atoms with Crippen molar-refractivity contribution in [2.24, 2.45) is 0 Å². The van der Waals surface area contributed by atoms with E-state index in [4.69, 9.17) is 4.98 Å². The minimum atomic E-state index is -0.207. The average molecular weight is 505 g/mol. The van der Waals surface area contributed by atoms with Crippen LogP contribution in [0.4, 0.5) is 5.69 Å². The zero-order chi connectivity index (χ0) is 25.5. The quantitative estimate of drug-likeness (QED) is 0.395. The SMILES string of the molecule is O=C(Nc1cc(-c2cccc3c2C=CC3)cc2[nH]ncc12)c1cccc(CN2CCN3CCCCC3C2)n1. The van der Waals surface area contributed by atoms with Gasteiger partial charge in [0.05, 0.1) is 23.1 Å². The van der Waals surface area contributed by atoms with Gasteiger partial charge in [-0.05, 0) is 72.3 Å². The number of carbonyl (C=O) groups excluding carboxylic acids is 1. The van der Waals surface area contributed by atoms with Crippen molar-refractivity contribution < 1.29 is 4.79 Å². The second-order valence-electron chi connectivity index (χ2n) is 10.7. The number of nitrogens with zero attached hydrogens (tertiary/aromatic N) is 4. The number of nitrogens with one attached hydrogen (secondary N) is 2. The van der Waals surface area contributed by atoms with Gasteiger partial charge < -0.3 is 5.32 Å². The lowest BCUT2D eigenvalue weighted by atomic mass is 9.96. The third-order valence-electron chi connectivity index (χ3n) is 8.28. The van der Waals surface area contributed by atoms with Crippen LogP contribution >= 0.6 is 0 Å². The van der Waals surface area contributed by atoms with Crippen LogP contribution in [-0.2, 0) is 13.0 Å². The lowest BCUT2D eigenvalue weighted by molar-refractivity contribution is 0.0451. The van der Waals surface area contributed by atoms with Gasteiger partial charge in [0.25, 0.3) is 5.91 Å². The Morgan fingerprint density at radius 3 is 3.00 bits per heavy atom. The molecular weight excluding hydrogens is 472 g/mol. The van der Waals surface area contributed by atoms with E-state index in [0.717, 1.165) is 66.0 Å². The third kappa shape index (κ3) is 4.42. The highest BCUT2D eigenvalue weighted by Crippen LogP contribution is 2.35. The molecule has 0 saturated carbocycles. The fourth-order valence-electron chi connectivity index (χ4n) is 6.33. The third-order valence-corrected chi connectivity index (χ3v) is 8.28. The van der Waals surface area contributed by atoms with Crippen LogP contribution in [0.25, 0.3) is 28.1 Å². The van der Waals surface area contributed by atoms with Gasteiger partial charge in [-0.25, -0.2) is 4.98 Å². The first-order valence-electron chi connectivity index (χ1n) is 13.7. The maximum Gasteiger partial charge on any atom is 0.274 e. The monoisotopic (exact) mass is 504 g/mol. The predicted octanol–water partition coefficient (Wildman–Crippen LogP) is 5.12. The molecule has 2 aromatic carbocycles. The van der Waals surface area contributed by atoms with Crippen LogP contribution in [-0.4, -0.2) is 63.1 Å². The molecule has 7 heteroatoms. The Balaban J connectivity index is 1.12. The molecule has 3 aliphatic rings. The number of rotatable bonds is 5. The summed E-state index contributed by atoms with van der Waals surface area (Å²) in [5.41, 5.74) is 7.76. The number of aromatic nitrogens is 3. The molecule has 38 heavy (non-hydrogen) atoms. The molecule has 192 valence electrons. The van der Waals surface area contributed by atoms with Crippen molar-refractivity contribution in [2.45, 2.75) is 38.3 Å². The highest BCUT2D eigenvalue weighted by molar-refractivity contribution is 6.09. The predicted molar refractivity (Wildman–Crippen MR) is 151 cm³/mol. The smallest absolute Gasteiger partial charge is 0.274 e. The molecule has 1 amide bonds. The zero-order valence-corrected chi connectivity index (χ0v) is 21.5. The van der Waals surface area contributed by atoms with E-state index in [2.05, 4.69) is 61.7 Å². The highest BCUT2D eigenvalue weighted by atomic mass is 16.1. The normalized spacial score (nSPS) is 19.4. The second kappa shape index (κ2) is 9.82. The number of pyridine rings is 1. The minimum Gasteiger partial charge on any atom is -0.320 e. The molecule has 0 spiro atoms. The van der Waals surface area contributed by atoms with Crippen LogP contribution in [0.3, 0.4) is 0 Å². The van der Waals surface area contributed by atoms with Crippen LogP contribution in [0, 0.1) is 0 Å². The number of piperazine rings is 1. The molecule has 1 atom stereocenters. The van der Waals surface area contributed by atoms with Crippen molar-refractivity contribution in [1.82, 2.24) is 25.0 Å².